The fourth-order valence-electron chi connectivity index (χ4n) is 3.14. The molecule has 4 rings (SSSR count). The number of nitrogens with zero attached hydrogens (tertiary/aromatic N) is 1. The van der Waals surface area contributed by atoms with Gasteiger partial charge in [-0.2, -0.15) is 0 Å². The van der Waals surface area contributed by atoms with E-state index >= 15 is 0 Å². The van der Waals surface area contributed by atoms with Gasteiger partial charge in [-0.25, -0.2) is 4.57 Å². The Morgan fingerprint density at radius 2 is 1.97 bits per heavy atom. The largest absolute Gasteiger partial charge is 1.00 e. The third-order valence-corrected chi connectivity index (χ3v) is 5.36. The number of carbonyl (C=O) groups is 1. The van der Waals surface area contributed by atoms with Crippen molar-refractivity contribution in [2.24, 2.45) is 0 Å². The smallest absolute Gasteiger partial charge is 0.221 e. The molecule has 0 saturated heterocycles. The van der Waals surface area contributed by atoms with E-state index in [1.54, 1.807) is 19.3 Å². The van der Waals surface area contributed by atoms with Crippen molar-refractivity contribution in [3.05, 3.63) is 100 Å². The van der Waals surface area contributed by atoms with Crippen molar-refractivity contribution in [2.45, 2.75) is 6.54 Å². The topological polar surface area (TPSA) is 43.3 Å². The number of aromatic nitrogens is 1. The van der Waals surface area contributed by atoms with Gasteiger partial charge >= 0.3 is 0 Å². The van der Waals surface area contributed by atoms with E-state index in [1.807, 2.05) is 60.9 Å². The molecule has 0 N–H and O–H groups in total. The number of benzene rings is 2. The fourth-order valence-corrected chi connectivity index (χ4v) is 3.55. The third-order valence-electron chi connectivity index (χ3n) is 4.59. The standard InChI is InChI=1S/C24H19BrNO3.BrH/c1-28-22-10-4-8-18-14-23(29-24(18)22)21(27)12-11-17-6-5-13-26(15-17)16-19-7-2-3-9-20(19)25;/h2-15H,16H2,1H3;1H/q+1;/p-1/b12-11+;. The van der Waals surface area contributed by atoms with E-state index in [0.29, 0.717) is 11.3 Å². The van der Waals surface area contributed by atoms with Gasteiger partial charge in [-0.3, -0.25) is 4.79 Å². The number of furan rings is 1. The zero-order valence-electron chi connectivity index (χ0n) is 16.2. The van der Waals surface area contributed by atoms with Crippen LogP contribution in [0.5, 0.6) is 5.75 Å². The van der Waals surface area contributed by atoms with E-state index < -0.39 is 0 Å². The number of carbonyl (C=O) groups excluding carboxylic acids is 1. The molecule has 2 aromatic heterocycles. The molecule has 152 valence electrons. The summed E-state index contributed by atoms with van der Waals surface area (Å²) in [7, 11) is 1.58. The van der Waals surface area contributed by atoms with Gasteiger partial charge in [0.05, 0.1) is 7.11 Å². The van der Waals surface area contributed by atoms with Crippen LogP contribution >= 0.6 is 15.9 Å². The summed E-state index contributed by atoms with van der Waals surface area (Å²) in [6, 6.07) is 19.4. The van der Waals surface area contributed by atoms with Crippen molar-refractivity contribution >= 4 is 38.8 Å². The van der Waals surface area contributed by atoms with Crippen molar-refractivity contribution in [1.82, 2.24) is 0 Å². The molecule has 0 amide bonds. The molecule has 0 aliphatic carbocycles. The van der Waals surface area contributed by atoms with Crippen LogP contribution in [-0.4, -0.2) is 12.9 Å². The molecular formula is C24H19Br2NO3. The Morgan fingerprint density at radius 3 is 2.77 bits per heavy atom. The zero-order valence-corrected chi connectivity index (χ0v) is 19.4. The second kappa shape index (κ2) is 9.87. The first-order valence-electron chi connectivity index (χ1n) is 9.15. The SMILES string of the molecule is COc1cccc2cc(C(=O)/C=C/c3ccc[n+](Cc4ccccc4Br)c3)oc12.[Br-]. The molecule has 4 nitrogen and oxygen atoms in total. The Balaban J connectivity index is 0.00000256. The van der Waals surface area contributed by atoms with Crippen molar-refractivity contribution in [3.63, 3.8) is 0 Å². The highest BCUT2D eigenvalue weighted by Gasteiger charge is 2.13. The van der Waals surface area contributed by atoms with Crippen LogP contribution in [0.1, 0.15) is 21.7 Å². The molecular weight excluding hydrogens is 510 g/mol. The van der Waals surface area contributed by atoms with Crippen LogP contribution in [-0.2, 0) is 6.54 Å². The van der Waals surface area contributed by atoms with E-state index in [4.69, 9.17) is 9.15 Å². The minimum absolute atomic E-state index is 0. The van der Waals surface area contributed by atoms with Crippen LogP contribution in [0.15, 0.2) is 88.0 Å². The van der Waals surface area contributed by atoms with Gasteiger partial charge in [0, 0.05) is 27.1 Å². The molecule has 0 radical (unpaired) electrons. The summed E-state index contributed by atoms with van der Waals surface area (Å²) in [4.78, 5) is 12.6. The summed E-state index contributed by atoms with van der Waals surface area (Å²) in [5.74, 6) is 0.712. The molecule has 4 aromatic rings. The summed E-state index contributed by atoms with van der Waals surface area (Å²) in [5, 5.41) is 0.840. The van der Waals surface area contributed by atoms with Gasteiger partial charge in [0.1, 0.15) is 0 Å². The number of fused-ring (bicyclic) bond motifs is 1. The first kappa shape index (κ1) is 22.0. The Labute approximate surface area is 193 Å². The lowest BCUT2D eigenvalue weighted by molar-refractivity contribution is -0.688. The summed E-state index contributed by atoms with van der Waals surface area (Å²) in [6.07, 6.45) is 7.33. The number of halogens is 2. The summed E-state index contributed by atoms with van der Waals surface area (Å²) >= 11 is 3.58. The predicted octanol–water partition coefficient (Wildman–Crippen LogP) is 2.44. The van der Waals surface area contributed by atoms with Gasteiger partial charge < -0.3 is 26.1 Å². The molecule has 0 saturated carbocycles. The average molecular weight is 529 g/mol. The van der Waals surface area contributed by atoms with Crippen LogP contribution < -0.4 is 26.3 Å². The van der Waals surface area contributed by atoms with E-state index in [-0.39, 0.29) is 28.5 Å². The molecule has 0 aliphatic rings. The van der Waals surface area contributed by atoms with E-state index in [0.717, 1.165) is 22.0 Å². The van der Waals surface area contributed by atoms with Gasteiger partial charge in [0.25, 0.3) is 0 Å². The number of allylic oxidation sites excluding steroid dienone is 1. The van der Waals surface area contributed by atoms with Crippen LogP contribution in [0.4, 0.5) is 0 Å². The lowest BCUT2D eigenvalue weighted by atomic mass is 10.2. The fraction of sp³-hybridized carbons (Fsp3) is 0.0833. The van der Waals surface area contributed by atoms with Gasteiger partial charge in [-0.05, 0) is 36.4 Å². The molecule has 2 heterocycles. The number of hydrogen-bond donors (Lipinski definition) is 0. The molecule has 0 bridgehead atoms. The Hall–Kier alpha value is -2.70. The second-order valence-electron chi connectivity index (χ2n) is 6.59. The van der Waals surface area contributed by atoms with Crippen molar-refractivity contribution in [3.8, 4) is 5.75 Å². The lowest BCUT2D eigenvalue weighted by Gasteiger charge is -2.01. The molecule has 0 spiro atoms. The number of para-hydroxylation sites is 1. The van der Waals surface area contributed by atoms with Crippen LogP contribution in [0, 0.1) is 0 Å². The van der Waals surface area contributed by atoms with Crippen LogP contribution in [0.2, 0.25) is 0 Å². The lowest BCUT2D eigenvalue weighted by Crippen LogP contribution is -3.00. The third kappa shape index (κ3) is 4.89. The van der Waals surface area contributed by atoms with Crippen LogP contribution in [0.25, 0.3) is 17.0 Å². The average Bonchev–Trinajstić information content (AvgIpc) is 3.18. The minimum atomic E-state index is -0.190. The Morgan fingerprint density at radius 1 is 1.13 bits per heavy atom. The quantitative estimate of drug-likeness (QED) is 0.219. The van der Waals surface area contributed by atoms with Crippen molar-refractivity contribution in [1.29, 1.82) is 0 Å². The summed E-state index contributed by atoms with van der Waals surface area (Å²) in [5.41, 5.74) is 2.70. The minimum Gasteiger partial charge on any atom is -1.00 e. The van der Waals surface area contributed by atoms with E-state index in [2.05, 4.69) is 26.6 Å². The Bertz CT molecular complexity index is 1210. The maximum atomic E-state index is 12.6. The molecule has 0 fully saturated rings. The van der Waals surface area contributed by atoms with E-state index in [9.17, 15) is 4.79 Å². The molecule has 6 heteroatoms. The van der Waals surface area contributed by atoms with Gasteiger partial charge in [0.15, 0.2) is 36.0 Å². The van der Waals surface area contributed by atoms with Crippen molar-refractivity contribution in [2.75, 3.05) is 7.11 Å². The molecule has 2 aromatic carbocycles. The highest BCUT2D eigenvalue weighted by Crippen LogP contribution is 2.28. The number of ether oxygens (including phenoxy) is 1. The number of ketones is 1. The number of pyridine rings is 1. The summed E-state index contributed by atoms with van der Waals surface area (Å²) < 4.78 is 14.2. The second-order valence-corrected chi connectivity index (χ2v) is 7.44. The molecule has 30 heavy (non-hydrogen) atoms. The van der Waals surface area contributed by atoms with Gasteiger partial charge in [-0.1, -0.05) is 46.3 Å². The molecule has 0 aliphatic heterocycles. The maximum absolute atomic E-state index is 12.6. The first-order valence-corrected chi connectivity index (χ1v) is 9.95. The molecule has 0 atom stereocenters. The van der Waals surface area contributed by atoms with Gasteiger partial charge in [-0.15, -0.1) is 0 Å². The number of hydrogen-bond acceptors (Lipinski definition) is 3. The summed E-state index contributed by atoms with van der Waals surface area (Å²) in [6.45, 7) is 0.737. The Kier molecular flexibility index (Phi) is 7.24. The highest BCUT2D eigenvalue weighted by atomic mass is 79.9. The van der Waals surface area contributed by atoms with Crippen molar-refractivity contribution < 1.29 is 35.5 Å². The number of methoxy groups -OCH3 is 1. The first-order chi connectivity index (χ1) is 14.1. The predicted molar refractivity (Wildman–Crippen MR) is 116 cm³/mol. The number of rotatable bonds is 6. The van der Waals surface area contributed by atoms with E-state index in [1.165, 1.54) is 11.6 Å². The maximum Gasteiger partial charge on any atom is 0.221 e. The zero-order chi connectivity index (χ0) is 20.2. The van der Waals surface area contributed by atoms with Gasteiger partial charge in [0.2, 0.25) is 5.78 Å². The highest BCUT2D eigenvalue weighted by molar-refractivity contribution is 9.10. The normalized spacial score (nSPS) is 10.9. The molecule has 0 unspecified atom stereocenters. The monoisotopic (exact) mass is 527 g/mol. The van der Waals surface area contributed by atoms with Crippen LogP contribution in [0.3, 0.4) is 0 Å².